The van der Waals surface area contributed by atoms with Gasteiger partial charge in [-0.1, -0.05) is 36.4 Å². The van der Waals surface area contributed by atoms with Gasteiger partial charge in [-0.3, -0.25) is 9.48 Å². The van der Waals surface area contributed by atoms with Gasteiger partial charge in [0.1, 0.15) is 5.82 Å². The number of benzene rings is 2. The van der Waals surface area contributed by atoms with E-state index in [-0.39, 0.29) is 6.42 Å². The number of carboxylic acids is 1. The first-order valence-electron chi connectivity index (χ1n) is 9.19. The topological polar surface area (TPSA) is 72.9 Å². The zero-order valence-electron chi connectivity index (χ0n) is 16.2. The van der Waals surface area contributed by atoms with Crippen LogP contribution < -0.4 is 0 Å². The summed E-state index contributed by atoms with van der Waals surface area (Å²) in [4.78, 5) is 15.8. The molecule has 0 saturated carbocycles. The van der Waals surface area contributed by atoms with Gasteiger partial charge in [-0.15, -0.1) is 0 Å². The molecule has 0 aliphatic heterocycles. The van der Waals surface area contributed by atoms with E-state index < -0.39 is 5.97 Å². The fraction of sp³-hybridized carbons (Fsp3) is 0.227. The third-order valence-corrected chi connectivity index (χ3v) is 5.19. The Bertz CT molecular complexity index is 1170. The standard InChI is InChI=1S/C22H22N4O2/c1-14-18(12-21(27)28)15(2)26(24-14)13-16-8-10-17(11-9-16)22-23-19-6-4-5-7-20(19)25(22)3/h4-11H,12-13H2,1-3H3,(H,27,28). The van der Waals surface area contributed by atoms with Gasteiger partial charge in [0, 0.05) is 23.9 Å². The summed E-state index contributed by atoms with van der Waals surface area (Å²) in [5, 5.41) is 13.6. The summed E-state index contributed by atoms with van der Waals surface area (Å²) in [6, 6.07) is 16.4. The number of imidazole rings is 1. The van der Waals surface area contributed by atoms with Gasteiger partial charge in [0.05, 0.1) is 29.7 Å². The first-order chi connectivity index (χ1) is 13.4. The number of aliphatic carboxylic acids is 1. The van der Waals surface area contributed by atoms with Crippen LogP contribution in [-0.2, 0) is 24.8 Å². The maximum atomic E-state index is 11.1. The number of aryl methyl sites for hydroxylation is 2. The van der Waals surface area contributed by atoms with Gasteiger partial charge in [0.15, 0.2) is 0 Å². The Hall–Kier alpha value is -3.41. The van der Waals surface area contributed by atoms with E-state index in [2.05, 4.69) is 40.0 Å². The maximum Gasteiger partial charge on any atom is 0.307 e. The van der Waals surface area contributed by atoms with E-state index in [1.54, 1.807) is 0 Å². The lowest BCUT2D eigenvalue weighted by Crippen LogP contribution is -2.06. The molecular formula is C22H22N4O2. The third-order valence-electron chi connectivity index (χ3n) is 5.19. The van der Waals surface area contributed by atoms with Crippen LogP contribution in [-0.4, -0.2) is 30.4 Å². The van der Waals surface area contributed by atoms with Crippen LogP contribution in [0.15, 0.2) is 48.5 Å². The minimum atomic E-state index is -0.836. The van der Waals surface area contributed by atoms with Gasteiger partial charge >= 0.3 is 5.97 Å². The summed E-state index contributed by atoms with van der Waals surface area (Å²) in [5.41, 5.74) is 6.73. The third kappa shape index (κ3) is 3.17. The number of fused-ring (bicyclic) bond motifs is 1. The molecule has 28 heavy (non-hydrogen) atoms. The van der Waals surface area contributed by atoms with Crippen LogP contribution in [0.3, 0.4) is 0 Å². The lowest BCUT2D eigenvalue weighted by molar-refractivity contribution is -0.136. The fourth-order valence-electron chi connectivity index (χ4n) is 3.63. The zero-order chi connectivity index (χ0) is 19.8. The van der Waals surface area contributed by atoms with E-state index in [9.17, 15) is 4.79 Å². The first kappa shape index (κ1) is 18.0. The molecule has 2 aromatic carbocycles. The van der Waals surface area contributed by atoms with Crippen molar-refractivity contribution < 1.29 is 9.90 Å². The summed E-state index contributed by atoms with van der Waals surface area (Å²) < 4.78 is 3.97. The van der Waals surface area contributed by atoms with Crippen molar-refractivity contribution in [3.8, 4) is 11.4 Å². The van der Waals surface area contributed by atoms with Crippen LogP contribution >= 0.6 is 0 Å². The lowest BCUT2D eigenvalue weighted by Gasteiger charge is -2.07. The number of carboxylic acid groups (broad SMARTS) is 1. The van der Waals surface area contributed by atoms with Crippen molar-refractivity contribution >= 4 is 17.0 Å². The van der Waals surface area contributed by atoms with E-state index in [1.165, 1.54) is 0 Å². The highest BCUT2D eigenvalue weighted by Crippen LogP contribution is 2.24. The predicted molar refractivity (Wildman–Crippen MR) is 108 cm³/mol. The summed E-state index contributed by atoms with van der Waals surface area (Å²) in [5.74, 6) is 0.0974. The molecular weight excluding hydrogens is 352 g/mol. The van der Waals surface area contributed by atoms with Gasteiger partial charge in [-0.25, -0.2) is 4.98 Å². The Balaban J connectivity index is 1.60. The van der Waals surface area contributed by atoms with Gasteiger partial charge < -0.3 is 9.67 Å². The molecule has 1 N–H and O–H groups in total. The second kappa shape index (κ2) is 6.96. The molecule has 6 heteroatoms. The normalized spacial score (nSPS) is 11.2. The van der Waals surface area contributed by atoms with Crippen LogP contribution in [0.1, 0.15) is 22.5 Å². The molecule has 2 heterocycles. The van der Waals surface area contributed by atoms with Crippen LogP contribution in [0, 0.1) is 13.8 Å². The average molecular weight is 374 g/mol. The molecule has 4 aromatic rings. The Morgan fingerprint density at radius 2 is 1.79 bits per heavy atom. The lowest BCUT2D eigenvalue weighted by atomic mass is 10.1. The molecule has 142 valence electrons. The molecule has 0 fully saturated rings. The number of nitrogens with zero attached hydrogens (tertiary/aromatic N) is 4. The molecule has 2 aromatic heterocycles. The van der Waals surface area contributed by atoms with Crippen molar-refractivity contribution in [3.63, 3.8) is 0 Å². The summed E-state index contributed by atoms with van der Waals surface area (Å²) in [6.07, 6.45) is 0.00330. The number of aromatic nitrogens is 4. The van der Waals surface area contributed by atoms with Gasteiger partial charge in [0.2, 0.25) is 0 Å². The number of carbonyl (C=O) groups is 1. The minimum absolute atomic E-state index is 0.00330. The molecule has 0 bridgehead atoms. The van der Waals surface area contributed by atoms with Crippen LogP contribution in [0.25, 0.3) is 22.4 Å². The minimum Gasteiger partial charge on any atom is -0.481 e. The van der Waals surface area contributed by atoms with Crippen LogP contribution in [0.5, 0.6) is 0 Å². The van der Waals surface area contributed by atoms with Crippen LogP contribution in [0.4, 0.5) is 0 Å². The number of rotatable bonds is 5. The Morgan fingerprint density at radius 1 is 1.07 bits per heavy atom. The highest BCUT2D eigenvalue weighted by Gasteiger charge is 2.15. The molecule has 0 radical (unpaired) electrons. The fourth-order valence-corrected chi connectivity index (χ4v) is 3.63. The van der Waals surface area contributed by atoms with Gasteiger partial charge in [-0.2, -0.15) is 5.10 Å². The summed E-state index contributed by atoms with van der Waals surface area (Å²) in [7, 11) is 2.03. The quantitative estimate of drug-likeness (QED) is 0.578. The average Bonchev–Trinajstić information content (AvgIpc) is 3.14. The number of hydrogen-bond donors (Lipinski definition) is 1. The van der Waals surface area contributed by atoms with Crippen molar-refractivity contribution in [1.29, 1.82) is 0 Å². The Kier molecular flexibility index (Phi) is 4.47. The summed E-state index contributed by atoms with van der Waals surface area (Å²) >= 11 is 0. The predicted octanol–water partition coefficient (Wildman–Crippen LogP) is 3.73. The number of para-hydroxylation sites is 2. The van der Waals surface area contributed by atoms with Crippen molar-refractivity contribution in [1.82, 2.24) is 19.3 Å². The molecule has 0 spiro atoms. The summed E-state index contributed by atoms with van der Waals surface area (Å²) in [6.45, 7) is 4.39. The maximum absolute atomic E-state index is 11.1. The molecule has 0 aliphatic rings. The second-order valence-corrected chi connectivity index (χ2v) is 7.06. The monoisotopic (exact) mass is 374 g/mol. The van der Waals surface area contributed by atoms with E-state index in [0.29, 0.717) is 6.54 Å². The Morgan fingerprint density at radius 3 is 2.46 bits per heavy atom. The molecule has 0 atom stereocenters. The first-order valence-corrected chi connectivity index (χ1v) is 9.19. The van der Waals surface area contributed by atoms with E-state index in [1.807, 2.05) is 43.8 Å². The van der Waals surface area contributed by atoms with Crippen molar-refractivity contribution in [2.75, 3.05) is 0 Å². The zero-order valence-corrected chi connectivity index (χ0v) is 16.2. The largest absolute Gasteiger partial charge is 0.481 e. The van der Waals surface area contributed by atoms with Gasteiger partial charge in [-0.05, 0) is 31.5 Å². The molecule has 0 saturated heterocycles. The molecule has 6 nitrogen and oxygen atoms in total. The molecule has 0 unspecified atom stereocenters. The highest BCUT2D eigenvalue weighted by atomic mass is 16.4. The second-order valence-electron chi connectivity index (χ2n) is 7.06. The van der Waals surface area contributed by atoms with Crippen molar-refractivity contribution in [2.45, 2.75) is 26.8 Å². The van der Waals surface area contributed by atoms with E-state index in [4.69, 9.17) is 10.1 Å². The van der Waals surface area contributed by atoms with Crippen molar-refractivity contribution in [2.24, 2.45) is 7.05 Å². The molecule has 4 rings (SSSR count). The van der Waals surface area contributed by atoms with E-state index >= 15 is 0 Å². The smallest absolute Gasteiger partial charge is 0.307 e. The molecule has 0 amide bonds. The van der Waals surface area contributed by atoms with Crippen molar-refractivity contribution in [3.05, 3.63) is 71.0 Å². The van der Waals surface area contributed by atoms with Crippen LogP contribution in [0.2, 0.25) is 0 Å². The van der Waals surface area contributed by atoms with E-state index in [0.717, 1.165) is 44.9 Å². The van der Waals surface area contributed by atoms with Gasteiger partial charge in [0.25, 0.3) is 0 Å². The number of hydrogen-bond acceptors (Lipinski definition) is 3. The Labute approximate surface area is 163 Å². The SMILES string of the molecule is Cc1nn(Cc2ccc(-c3nc4ccccc4n3C)cc2)c(C)c1CC(=O)O. The highest BCUT2D eigenvalue weighted by molar-refractivity contribution is 5.80. The molecule has 0 aliphatic carbocycles.